The van der Waals surface area contributed by atoms with Crippen molar-refractivity contribution in [3.63, 3.8) is 0 Å². The highest BCUT2D eigenvalue weighted by atomic mass is 35.5. The van der Waals surface area contributed by atoms with Crippen LogP contribution in [-0.4, -0.2) is 40.4 Å². The number of halogens is 1. The number of H-pyrrole nitrogens is 1. The van der Waals surface area contributed by atoms with E-state index in [4.69, 9.17) is 11.6 Å². The number of anilines is 1. The van der Waals surface area contributed by atoms with Crippen molar-refractivity contribution in [3.8, 4) is 11.3 Å². The second-order valence-electron chi connectivity index (χ2n) is 5.78. The quantitative estimate of drug-likeness (QED) is 0.891. The smallest absolute Gasteiger partial charge is 0.252 e. The molecule has 1 aliphatic rings. The van der Waals surface area contributed by atoms with E-state index in [9.17, 15) is 9.59 Å². The Morgan fingerprint density at radius 2 is 1.92 bits per heavy atom. The normalized spacial score (nSPS) is 14.5. The first-order valence-electron chi connectivity index (χ1n) is 8.01. The van der Waals surface area contributed by atoms with Crippen molar-refractivity contribution in [3.05, 3.63) is 45.7 Å². The molecule has 1 saturated heterocycles. The molecule has 0 saturated carbocycles. The number of likely N-dealkylation sites (tertiary alicyclic amines) is 1. The molecule has 0 unspecified atom stereocenters. The average molecular weight is 347 g/mol. The Kier molecular flexibility index (Phi) is 5.15. The summed E-state index contributed by atoms with van der Waals surface area (Å²) in [5, 5.41) is 3.54. The van der Waals surface area contributed by atoms with E-state index in [1.165, 1.54) is 12.5 Å². The lowest BCUT2D eigenvalue weighted by atomic mass is 10.1. The Hall–Kier alpha value is -2.34. The van der Waals surface area contributed by atoms with Gasteiger partial charge in [-0.15, -0.1) is 0 Å². The molecule has 3 rings (SSSR count). The highest BCUT2D eigenvalue weighted by Gasteiger charge is 2.16. The monoisotopic (exact) mass is 346 g/mol. The lowest BCUT2D eigenvalue weighted by Gasteiger charge is -2.26. The second kappa shape index (κ2) is 7.49. The molecule has 1 aromatic heterocycles. The van der Waals surface area contributed by atoms with Gasteiger partial charge in [0.1, 0.15) is 0 Å². The zero-order valence-electron chi connectivity index (χ0n) is 13.2. The van der Waals surface area contributed by atoms with Crippen LogP contribution in [0.5, 0.6) is 0 Å². The highest BCUT2D eigenvalue weighted by Crippen LogP contribution is 2.19. The maximum Gasteiger partial charge on any atom is 0.252 e. The number of aromatic amines is 1. The number of carbonyl (C=O) groups is 1. The van der Waals surface area contributed by atoms with Crippen molar-refractivity contribution in [2.45, 2.75) is 19.3 Å². The number of nitrogens with one attached hydrogen (secondary N) is 2. The number of benzene rings is 1. The summed E-state index contributed by atoms with van der Waals surface area (Å²) in [6.07, 6.45) is 3.27. The largest absolute Gasteiger partial charge is 0.347 e. The Bertz CT molecular complexity index is 767. The number of hydrogen-bond donors (Lipinski definition) is 2. The summed E-state index contributed by atoms with van der Waals surface area (Å²) >= 11 is 5.88. The zero-order chi connectivity index (χ0) is 16.9. The molecule has 1 aromatic carbocycles. The molecule has 1 aliphatic heterocycles. The first-order chi connectivity index (χ1) is 11.6. The van der Waals surface area contributed by atoms with Gasteiger partial charge in [-0.1, -0.05) is 23.7 Å². The van der Waals surface area contributed by atoms with Crippen LogP contribution in [0.1, 0.15) is 19.3 Å². The Morgan fingerprint density at radius 3 is 2.62 bits per heavy atom. The van der Waals surface area contributed by atoms with Gasteiger partial charge >= 0.3 is 0 Å². The van der Waals surface area contributed by atoms with E-state index < -0.39 is 0 Å². The molecular weight excluding hydrogens is 328 g/mol. The van der Waals surface area contributed by atoms with Crippen LogP contribution in [0.4, 0.5) is 5.95 Å². The summed E-state index contributed by atoms with van der Waals surface area (Å²) in [6, 6.07) is 8.50. The molecular formula is C17H19ClN4O2. The fraction of sp³-hybridized carbons (Fsp3) is 0.353. The molecule has 24 heavy (non-hydrogen) atoms. The Balaban J connectivity index is 1.70. The minimum absolute atomic E-state index is 0.0224. The van der Waals surface area contributed by atoms with Gasteiger partial charge in [0.2, 0.25) is 11.9 Å². The standard InChI is InChI=1S/C17H19ClN4O2/c18-13-6-4-12(5-7-13)14-10-15(23)21-17(20-14)19-11-16(24)22-8-2-1-3-9-22/h4-7,10H,1-3,8-9,11H2,(H2,19,20,21,23). The van der Waals surface area contributed by atoms with E-state index >= 15 is 0 Å². The number of aromatic nitrogens is 2. The minimum atomic E-state index is -0.275. The van der Waals surface area contributed by atoms with Crippen molar-refractivity contribution in [1.82, 2.24) is 14.9 Å². The van der Waals surface area contributed by atoms with E-state index in [1.807, 2.05) is 4.90 Å². The number of piperidine rings is 1. The molecule has 2 aromatic rings. The lowest BCUT2D eigenvalue weighted by Crippen LogP contribution is -2.39. The summed E-state index contributed by atoms with van der Waals surface area (Å²) in [4.78, 5) is 32.8. The molecule has 7 heteroatoms. The van der Waals surface area contributed by atoms with Crippen LogP contribution in [0, 0.1) is 0 Å². The summed E-state index contributed by atoms with van der Waals surface area (Å²) in [5.41, 5.74) is 1.04. The molecule has 2 heterocycles. The number of amides is 1. The Labute approximate surface area is 144 Å². The van der Waals surface area contributed by atoms with Crippen LogP contribution in [0.2, 0.25) is 5.02 Å². The Morgan fingerprint density at radius 1 is 1.21 bits per heavy atom. The van der Waals surface area contributed by atoms with Crippen LogP contribution in [0.3, 0.4) is 0 Å². The number of rotatable bonds is 4. The van der Waals surface area contributed by atoms with Crippen LogP contribution in [-0.2, 0) is 4.79 Å². The first kappa shape index (κ1) is 16.5. The highest BCUT2D eigenvalue weighted by molar-refractivity contribution is 6.30. The predicted molar refractivity (Wildman–Crippen MR) is 94.2 cm³/mol. The molecule has 0 bridgehead atoms. The fourth-order valence-corrected chi connectivity index (χ4v) is 2.85. The van der Waals surface area contributed by atoms with Gasteiger partial charge in [0.25, 0.3) is 5.56 Å². The number of hydrogen-bond acceptors (Lipinski definition) is 4. The summed E-state index contributed by atoms with van der Waals surface area (Å²) in [6.45, 7) is 1.72. The molecule has 0 aliphatic carbocycles. The van der Waals surface area contributed by atoms with E-state index in [1.54, 1.807) is 24.3 Å². The molecule has 126 valence electrons. The molecule has 0 atom stereocenters. The van der Waals surface area contributed by atoms with Gasteiger partial charge in [-0.05, 0) is 31.4 Å². The third-order valence-electron chi connectivity index (χ3n) is 4.00. The van der Waals surface area contributed by atoms with Gasteiger partial charge in [-0.25, -0.2) is 4.98 Å². The third-order valence-corrected chi connectivity index (χ3v) is 4.25. The zero-order valence-corrected chi connectivity index (χ0v) is 14.0. The van der Waals surface area contributed by atoms with Crippen molar-refractivity contribution in [2.24, 2.45) is 0 Å². The molecule has 6 nitrogen and oxygen atoms in total. The van der Waals surface area contributed by atoms with Crippen molar-refractivity contribution >= 4 is 23.5 Å². The van der Waals surface area contributed by atoms with Gasteiger partial charge < -0.3 is 10.2 Å². The van der Waals surface area contributed by atoms with E-state index in [0.717, 1.165) is 31.5 Å². The summed E-state index contributed by atoms with van der Waals surface area (Å²) < 4.78 is 0. The van der Waals surface area contributed by atoms with Crippen LogP contribution in [0.15, 0.2) is 35.1 Å². The molecule has 1 fully saturated rings. The number of nitrogens with zero attached hydrogens (tertiary/aromatic N) is 2. The minimum Gasteiger partial charge on any atom is -0.347 e. The molecule has 0 radical (unpaired) electrons. The maximum atomic E-state index is 12.2. The summed E-state index contributed by atoms with van der Waals surface area (Å²) in [7, 11) is 0. The van der Waals surface area contributed by atoms with Crippen molar-refractivity contribution in [1.29, 1.82) is 0 Å². The van der Waals surface area contributed by atoms with E-state index in [-0.39, 0.29) is 24.0 Å². The molecule has 2 N–H and O–H groups in total. The number of carbonyl (C=O) groups excluding carboxylic acids is 1. The third kappa shape index (κ3) is 4.14. The second-order valence-corrected chi connectivity index (χ2v) is 6.22. The van der Waals surface area contributed by atoms with Crippen LogP contribution < -0.4 is 10.9 Å². The van der Waals surface area contributed by atoms with E-state index in [0.29, 0.717) is 10.7 Å². The SMILES string of the molecule is O=C(CNc1nc(-c2ccc(Cl)cc2)cc(=O)[nH]1)N1CCCCC1. The van der Waals surface area contributed by atoms with E-state index in [2.05, 4.69) is 15.3 Å². The van der Waals surface area contributed by atoms with Crippen molar-refractivity contribution < 1.29 is 4.79 Å². The maximum absolute atomic E-state index is 12.2. The van der Waals surface area contributed by atoms with Gasteiger partial charge in [0, 0.05) is 29.7 Å². The van der Waals surface area contributed by atoms with Gasteiger partial charge in [-0.3, -0.25) is 14.6 Å². The first-order valence-corrected chi connectivity index (χ1v) is 8.38. The molecule has 1 amide bonds. The predicted octanol–water partition coefficient (Wildman–Crippen LogP) is 2.51. The topological polar surface area (TPSA) is 78.1 Å². The molecule has 0 spiro atoms. The lowest BCUT2D eigenvalue weighted by molar-refractivity contribution is -0.130. The van der Waals surface area contributed by atoms with Gasteiger partial charge in [-0.2, -0.15) is 0 Å². The average Bonchev–Trinajstić information content (AvgIpc) is 2.60. The van der Waals surface area contributed by atoms with Crippen LogP contribution >= 0.6 is 11.6 Å². The van der Waals surface area contributed by atoms with Crippen molar-refractivity contribution in [2.75, 3.05) is 25.0 Å². The van der Waals surface area contributed by atoms with Gasteiger partial charge in [0.15, 0.2) is 0 Å². The van der Waals surface area contributed by atoms with Gasteiger partial charge in [0.05, 0.1) is 12.2 Å². The van der Waals surface area contributed by atoms with Crippen LogP contribution in [0.25, 0.3) is 11.3 Å². The fourth-order valence-electron chi connectivity index (χ4n) is 2.72. The summed E-state index contributed by atoms with van der Waals surface area (Å²) in [5.74, 6) is 0.312.